The van der Waals surface area contributed by atoms with Crippen molar-refractivity contribution >= 4 is 5.97 Å². The van der Waals surface area contributed by atoms with Crippen LogP contribution in [0, 0.1) is 11.3 Å². The molecule has 2 aromatic rings. The lowest BCUT2D eigenvalue weighted by Gasteiger charge is -2.15. The third kappa shape index (κ3) is 2.31. The molecular formula is C13H12N4O2. The molecule has 0 saturated heterocycles. The number of aromatic nitrogens is 3. The minimum absolute atomic E-state index is 0.0307. The average molecular weight is 256 g/mol. The Hall–Kier alpha value is -2.68. The van der Waals surface area contributed by atoms with E-state index in [2.05, 4.69) is 16.2 Å². The molecule has 0 amide bonds. The van der Waals surface area contributed by atoms with E-state index < -0.39 is 11.5 Å². The molecule has 0 saturated carbocycles. The highest BCUT2D eigenvalue weighted by Gasteiger charge is 2.21. The molecule has 6 heteroatoms. The largest absolute Gasteiger partial charge is 0.476 e. The predicted octanol–water partition coefficient (Wildman–Crippen LogP) is 1.90. The maximum Gasteiger partial charge on any atom is 0.355 e. The molecule has 0 aliphatic heterocycles. The number of carbonyl (C=O) groups is 1. The molecule has 0 unspecified atom stereocenters. The van der Waals surface area contributed by atoms with E-state index in [1.807, 2.05) is 0 Å². The molecular weight excluding hydrogens is 244 g/mol. The molecule has 96 valence electrons. The van der Waals surface area contributed by atoms with Crippen molar-refractivity contribution in [2.24, 2.45) is 0 Å². The molecule has 0 atom stereocenters. The van der Waals surface area contributed by atoms with Crippen LogP contribution in [0.3, 0.4) is 0 Å². The van der Waals surface area contributed by atoms with Crippen molar-refractivity contribution in [2.45, 2.75) is 19.4 Å². The number of hydrogen-bond donors (Lipinski definition) is 1. The number of rotatable bonds is 3. The van der Waals surface area contributed by atoms with Gasteiger partial charge < -0.3 is 5.11 Å². The molecule has 0 bridgehead atoms. The lowest BCUT2D eigenvalue weighted by molar-refractivity contribution is 0.0691. The minimum atomic E-state index is -1.09. The van der Waals surface area contributed by atoms with Crippen LogP contribution in [0.1, 0.15) is 24.3 Å². The summed E-state index contributed by atoms with van der Waals surface area (Å²) in [6.07, 6.45) is 4.60. The van der Waals surface area contributed by atoms with Crippen molar-refractivity contribution in [1.29, 1.82) is 5.26 Å². The molecule has 0 aliphatic rings. The normalized spacial score (nSPS) is 11.0. The molecule has 2 heterocycles. The van der Waals surface area contributed by atoms with Crippen molar-refractivity contribution < 1.29 is 9.90 Å². The summed E-state index contributed by atoms with van der Waals surface area (Å²) in [5.41, 5.74) is 0.282. The summed E-state index contributed by atoms with van der Waals surface area (Å²) in [6.45, 7) is 3.45. The molecule has 2 aromatic heterocycles. The maximum atomic E-state index is 11.1. The van der Waals surface area contributed by atoms with E-state index in [0.29, 0.717) is 11.1 Å². The van der Waals surface area contributed by atoms with Gasteiger partial charge in [0.2, 0.25) is 0 Å². The summed E-state index contributed by atoms with van der Waals surface area (Å²) in [4.78, 5) is 15.0. The van der Waals surface area contributed by atoms with Gasteiger partial charge in [0.05, 0.1) is 12.3 Å². The van der Waals surface area contributed by atoms with Crippen LogP contribution in [0.15, 0.2) is 30.7 Å². The van der Waals surface area contributed by atoms with E-state index in [1.54, 1.807) is 32.2 Å². The third-order valence-electron chi connectivity index (χ3n) is 2.75. The first-order valence-electron chi connectivity index (χ1n) is 5.61. The quantitative estimate of drug-likeness (QED) is 0.905. The van der Waals surface area contributed by atoms with Gasteiger partial charge >= 0.3 is 5.97 Å². The zero-order valence-corrected chi connectivity index (χ0v) is 10.5. The molecule has 0 spiro atoms. The van der Waals surface area contributed by atoms with Crippen LogP contribution in [0.25, 0.3) is 11.1 Å². The van der Waals surface area contributed by atoms with Gasteiger partial charge in [0.25, 0.3) is 0 Å². The fourth-order valence-electron chi connectivity index (χ4n) is 1.63. The van der Waals surface area contributed by atoms with Gasteiger partial charge in [-0.25, -0.2) is 9.78 Å². The van der Waals surface area contributed by atoms with Gasteiger partial charge in [-0.2, -0.15) is 10.4 Å². The second-order valence-corrected chi connectivity index (χ2v) is 4.55. The van der Waals surface area contributed by atoms with E-state index in [4.69, 9.17) is 10.4 Å². The van der Waals surface area contributed by atoms with Gasteiger partial charge in [0, 0.05) is 23.5 Å². The first-order valence-corrected chi connectivity index (χ1v) is 5.61. The number of hydrogen-bond acceptors (Lipinski definition) is 4. The smallest absolute Gasteiger partial charge is 0.355 e. The highest BCUT2D eigenvalue weighted by molar-refractivity contribution is 5.93. The number of pyridine rings is 1. The summed E-state index contributed by atoms with van der Waals surface area (Å²) in [5.74, 6) is -1.09. The topological polar surface area (TPSA) is 91.8 Å². The highest BCUT2D eigenvalue weighted by atomic mass is 16.4. The van der Waals surface area contributed by atoms with Gasteiger partial charge in [-0.1, -0.05) is 6.07 Å². The first-order chi connectivity index (χ1) is 8.95. The van der Waals surface area contributed by atoms with E-state index in [0.717, 1.165) is 0 Å². The Morgan fingerprint density at radius 2 is 2.26 bits per heavy atom. The summed E-state index contributed by atoms with van der Waals surface area (Å²) in [7, 11) is 0. The summed E-state index contributed by atoms with van der Waals surface area (Å²) < 4.78 is 1.50. The molecule has 0 aromatic carbocycles. The van der Waals surface area contributed by atoms with E-state index in [1.165, 1.54) is 17.1 Å². The lowest BCUT2D eigenvalue weighted by atomic mass is 10.1. The number of carboxylic acid groups (broad SMARTS) is 1. The van der Waals surface area contributed by atoms with Crippen molar-refractivity contribution in [3.8, 4) is 17.2 Å². The summed E-state index contributed by atoms with van der Waals surface area (Å²) in [5, 5.41) is 22.3. The third-order valence-corrected chi connectivity index (χ3v) is 2.75. The van der Waals surface area contributed by atoms with Crippen molar-refractivity contribution in [3.63, 3.8) is 0 Å². The average Bonchev–Trinajstić information content (AvgIpc) is 2.89. The Bertz CT molecular complexity index is 667. The Balaban J connectivity index is 2.51. The molecule has 1 N–H and O–H groups in total. The second-order valence-electron chi connectivity index (χ2n) is 4.55. The van der Waals surface area contributed by atoms with Gasteiger partial charge in [0.15, 0.2) is 5.69 Å². The molecule has 19 heavy (non-hydrogen) atoms. The SMILES string of the molecule is CC(C)(C#N)n1cc(-c2cccnc2C(=O)O)cn1. The van der Waals surface area contributed by atoms with Crippen molar-refractivity contribution in [3.05, 3.63) is 36.4 Å². The molecule has 0 aliphatic carbocycles. The number of aromatic carboxylic acids is 1. The first kappa shape index (κ1) is 12.8. The van der Waals surface area contributed by atoms with Gasteiger partial charge in [-0.15, -0.1) is 0 Å². The van der Waals surface area contributed by atoms with Crippen LogP contribution >= 0.6 is 0 Å². The van der Waals surface area contributed by atoms with Gasteiger partial charge in [-0.05, 0) is 19.9 Å². The standard InChI is InChI=1S/C13H12N4O2/c1-13(2,8-14)17-7-9(6-16-17)10-4-3-5-15-11(10)12(18)19/h3-7H,1-2H3,(H,18,19). The van der Waals surface area contributed by atoms with Crippen LogP contribution in [0.4, 0.5) is 0 Å². The Labute approximate surface area is 109 Å². The van der Waals surface area contributed by atoms with Gasteiger partial charge in [0.1, 0.15) is 5.54 Å². The van der Waals surface area contributed by atoms with Crippen LogP contribution in [0.5, 0.6) is 0 Å². The van der Waals surface area contributed by atoms with Crippen LogP contribution < -0.4 is 0 Å². The Morgan fingerprint density at radius 1 is 1.53 bits per heavy atom. The lowest BCUT2D eigenvalue weighted by Crippen LogP contribution is -2.24. The Morgan fingerprint density at radius 3 is 2.89 bits per heavy atom. The molecule has 0 fully saturated rings. The maximum absolute atomic E-state index is 11.1. The van der Waals surface area contributed by atoms with E-state index >= 15 is 0 Å². The number of nitrogens with zero attached hydrogens (tertiary/aromatic N) is 4. The zero-order chi connectivity index (χ0) is 14.0. The van der Waals surface area contributed by atoms with Crippen molar-refractivity contribution in [2.75, 3.05) is 0 Å². The second kappa shape index (κ2) is 4.53. The summed E-state index contributed by atoms with van der Waals surface area (Å²) in [6, 6.07) is 5.45. The zero-order valence-electron chi connectivity index (χ0n) is 10.5. The van der Waals surface area contributed by atoms with E-state index in [-0.39, 0.29) is 5.69 Å². The predicted molar refractivity (Wildman–Crippen MR) is 67.4 cm³/mol. The monoisotopic (exact) mass is 256 g/mol. The molecule has 6 nitrogen and oxygen atoms in total. The molecule has 2 rings (SSSR count). The van der Waals surface area contributed by atoms with Crippen molar-refractivity contribution in [1.82, 2.24) is 14.8 Å². The number of carboxylic acids is 1. The Kier molecular flexibility index (Phi) is 3.05. The number of nitriles is 1. The van der Waals surface area contributed by atoms with Crippen LogP contribution in [0.2, 0.25) is 0 Å². The fourth-order valence-corrected chi connectivity index (χ4v) is 1.63. The van der Waals surface area contributed by atoms with E-state index in [9.17, 15) is 4.79 Å². The summed E-state index contributed by atoms with van der Waals surface area (Å²) >= 11 is 0. The molecule has 0 radical (unpaired) electrons. The highest BCUT2D eigenvalue weighted by Crippen LogP contribution is 2.24. The minimum Gasteiger partial charge on any atom is -0.476 e. The van der Waals surface area contributed by atoms with Gasteiger partial charge in [-0.3, -0.25) is 4.68 Å². The fraction of sp³-hybridized carbons (Fsp3) is 0.231. The van der Waals surface area contributed by atoms with Crippen LogP contribution in [-0.2, 0) is 5.54 Å². The van der Waals surface area contributed by atoms with Crippen LogP contribution in [-0.4, -0.2) is 25.8 Å².